The minimum absolute atomic E-state index is 0. The van der Waals surface area contributed by atoms with Gasteiger partial charge in [-0.15, -0.1) is 0 Å². The largest absolute Gasteiger partial charge is 1.00 e. The molecule has 9 heavy (non-hydrogen) atoms. The molecule has 0 saturated carbocycles. The van der Waals surface area contributed by atoms with Crippen molar-refractivity contribution in [1.29, 1.82) is 0 Å². The normalized spacial score (nSPS) is 7.33. The molecule has 0 spiro atoms. The Morgan fingerprint density at radius 3 is 2.33 bits per heavy atom. The van der Waals surface area contributed by atoms with Crippen LogP contribution in [0.5, 0.6) is 0 Å². The Morgan fingerprint density at radius 1 is 1.78 bits per heavy atom. The summed E-state index contributed by atoms with van der Waals surface area (Å²) in [6.07, 6.45) is 0. The van der Waals surface area contributed by atoms with Gasteiger partial charge in [-0.05, 0) is 13.8 Å². The summed E-state index contributed by atoms with van der Waals surface area (Å²) in [7, 11) is 0. The van der Waals surface area contributed by atoms with Gasteiger partial charge in [0, 0.05) is 5.57 Å². The Morgan fingerprint density at radius 2 is 2.22 bits per heavy atom. The Kier molecular flexibility index (Phi) is 9.68. The molecule has 0 heterocycles. The fraction of sp³-hybridized carbons (Fsp3) is 0.500. The van der Waals surface area contributed by atoms with E-state index in [1.165, 1.54) is 0 Å². The van der Waals surface area contributed by atoms with Gasteiger partial charge in [0.05, 0.1) is 6.61 Å². The van der Waals surface area contributed by atoms with Crippen molar-refractivity contribution in [3.05, 3.63) is 12.2 Å². The van der Waals surface area contributed by atoms with E-state index in [0.717, 1.165) is 0 Å². The Bertz CT molecular complexity index is 114. The third kappa shape index (κ3) is 6.74. The number of hydrogen-bond acceptors (Lipinski definition) is 2. The first kappa shape index (κ1) is 12.5. The molecule has 0 unspecified atom stereocenters. The topological polar surface area (TPSA) is 26.3 Å². The first-order chi connectivity index (χ1) is 3.68. The van der Waals surface area contributed by atoms with Crippen LogP contribution in [-0.4, -0.2) is 12.6 Å². The van der Waals surface area contributed by atoms with E-state index in [-0.39, 0.29) is 58.8 Å². The molecule has 0 radical (unpaired) electrons. The molecule has 0 amide bonds. The van der Waals surface area contributed by atoms with Gasteiger partial charge in [0.15, 0.2) is 0 Å². The smallest absolute Gasteiger partial charge is 1.00 e. The van der Waals surface area contributed by atoms with Crippen molar-refractivity contribution in [2.45, 2.75) is 13.8 Å². The molecule has 2 nitrogen and oxygen atoms in total. The van der Waals surface area contributed by atoms with Gasteiger partial charge in [-0.1, -0.05) is 6.58 Å². The van der Waals surface area contributed by atoms with Crippen molar-refractivity contribution < 1.29 is 62.3 Å². The van der Waals surface area contributed by atoms with Gasteiger partial charge >= 0.3 is 57.4 Å². The molecule has 3 heteroatoms. The molecule has 0 aromatic heterocycles. The second-order valence-electron chi connectivity index (χ2n) is 1.50. The van der Waals surface area contributed by atoms with Crippen LogP contribution in [0.3, 0.4) is 0 Å². The average molecular weight is 154 g/mol. The zero-order chi connectivity index (χ0) is 6.57. The van der Waals surface area contributed by atoms with Gasteiger partial charge < -0.3 is 6.16 Å². The third-order valence-corrected chi connectivity index (χ3v) is 0.624. The molecule has 0 saturated heterocycles. The summed E-state index contributed by atoms with van der Waals surface area (Å²) in [5, 5.41) is 0. The van der Waals surface area contributed by atoms with E-state index in [1.807, 2.05) is 0 Å². The van der Waals surface area contributed by atoms with Crippen LogP contribution in [-0.2, 0) is 9.53 Å². The summed E-state index contributed by atoms with van der Waals surface area (Å²) in [5.41, 5.74) is 0.451. The number of rotatable bonds is 2. The first-order valence-electron chi connectivity index (χ1n) is 2.51. The molecule has 0 aromatic rings. The molecule has 0 aliphatic rings. The maximum Gasteiger partial charge on any atom is 1.00 e. The standard InChI is InChI=1S/C6H10O2.K.H/c1-4-8-6(7)5(2)3;;/h2,4H2,1,3H3;;/q;+1;-1. The Labute approximate surface area is 99.6 Å². The van der Waals surface area contributed by atoms with Crippen LogP contribution in [0.15, 0.2) is 12.2 Å². The van der Waals surface area contributed by atoms with Gasteiger partial charge in [-0.25, -0.2) is 4.79 Å². The van der Waals surface area contributed by atoms with Gasteiger partial charge in [0.1, 0.15) is 0 Å². The van der Waals surface area contributed by atoms with Gasteiger partial charge in [-0.3, -0.25) is 0 Å². The second kappa shape index (κ2) is 6.96. The summed E-state index contributed by atoms with van der Waals surface area (Å²) in [4.78, 5) is 10.4. The van der Waals surface area contributed by atoms with Gasteiger partial charge in [-0.2, -0.15) is 0 Å². The first-order valence-corrected chi connectivity index (χ1v) is 2.51. The molecule has 0 aliphatic carbocycles. The van der Waals surface area contributed by atoms with E-state index in [0.29, 0.717) is 12.2 Å². The Hall–Kier alpha value is 0.846. The fourth-order valence-corrected chi connectivity index (χ4v) is 0.254. The number of carbonyl (C=O) groups excluding carboxylic acids is 1. The monoisotopic (exact) mass is 154 g/mol. The van der Waals surface area contributed by atoms with E-state index < -0.39 is 0 Å². The van der Waals surface area contributed by atoms with E-state index in [4.69, 9.17) is 0 Å². The van der Waals surface area contributed by atoms with Crippen LogP contribution >= 0.6 is 0 Å². The molecule has 0 bridgehead atoms. The molecule has 0 atom stereocenters. The van der Waals surface area contributed by atoms with Crippen molar-refractivity contribution >= 4 is 5.97 Å². The van der Waals surface area contributed by atoms with E-state index in [2.05, 4.69) is 11.3 Å². The maximum atomic E-state index is 10.4. The predicted molar refractivity (Wildman–Crippen MR) is 32.6 cm³/mol. The molecule has 0 aromatic carbocycles. The van der Waals surface area contributed by atoms with Gasteiger partial charge in [0.25, 0.3) is 0 Å². The average Bonchev–Trinajstić information content (AvgIpc) is 1.67. The van der Waals surface area contributed by atoms with Crippen LogP contribution < -0.4 is 51.4 Å². The van der Waals surface area contributed by atoms with E-state index >= 15 is 0 Å². The van der Waals surface area contributed by atoms with Crippen molar-refractivity contribution in [2.75, 3.05) is 6.61 Å². The van der Waals surface area contributed by atoms with Crippen LogP contribution in [0.2, 0.25) is 0 Å². The number of ether oxygens (including phenoxy) is 1. The number of hydrogen-bond donors (Lipinski definition) is 0. The van der Waals surface area contributed by atoms with E-state index in [9.17, 15) is 4.79 Å². The second-order valence-corrected chi connectivity index (χ2v) is 1.50. The molecule has 0 rings (SSSR count). The van der Waals surface area contributed by atoms with Crippen molar-refractivity contribution in [1.82, 2.24) is 0 Å². The van der Waals surface area contributed by atoms with Crippen LogP contribution in [0.25, 0.3) is 0 Å². The summed E-state index contributed by atoms with van der Waals surface area (Å²) in [6, 6.07) is 0. The predicted octanol–water partition coefficient (Wildman–Crippen LogP) is -1.76. The summed E-state index contributed by atoms with van der Waals surface area (Å²) >= 11 is 0. The van der Waals surface area contributed by atoms with Crippen LogP contribution in [0.1, 0.15) is 15.3 Å². The zero-order valence-corrected chi connectivity index (χ0v) is 9.35. The molecule has 48 valence electrons. The van der Waals surface area contributed by atoms with Crippen molar-refractivity contribution in [2.24, 2.45) is 0 Å². The molecule has 0 aliphatic heterocycles. The molecule has 0 N–H and O–H groups in total. The maximum absolute atomic E-state index is 10.4. The minimum Gasteiger partial charge on any atom is -1.00 e. The fourth-order valence-electron chi connectivity index (χ4n) is 0.254. The molecular formula is C6H11KO2. The zero-order valence-electron chi connectivity index (χ0n) is 7.23. The molecule has 0 fully saturated rings. The van der Waals surface area contributed by atoms with Crippen molar-refractivity contribution in [3.8, 4) is 0 Å². The van der Waals surface area contributed by atoms with Crippen LogP contribution in [0.4, 0.5) is 0 Å². The SMILES string of the molecule is C=C(C)C(=O)OCC.[H-].[K+]. The number of esters is 1. The molecular weight excluding hydrogens is 143 g/mol. The summed E-state index contributed by atoms with van der Waals surface area (Å²) in [6.45, 7) is 7.21. The summed E-state index contributed by atoms with van der Waals surface area (Å²) < 4.78 is 4.56. The Balaban J connectivity index is -0.000000245. The minimum atomic E-state index is -0.312. The number of carbonyl (C=O) groups is 1. The summed E-state index contributed by atoms with van der Waals surface area (Å²) in [5.74, 6) is -0.312. The van der Waals surface area contributed by atoms with E-state index in [1.54, 1.807) is 13.8 Å². The quantitative estimate of drug-likeness (QED) is 0.268. The van der Waals surface area contributed by atoms with Gasteiger partial charge in [0.2, 0.25) is 0 Å². The van der Waals surface area contributed by atoms with Crippen LogP contribution in [0, 0.1) is 0 Å². The third-order valence-electron chi connectivity index (χ3n) is 0.624. The van der Waals surface area contributed by atoms with Crippen molar-refractivity contribution in [3.63, 3.8) is 0 Å².